The van der Waals surface area contributed by atoms with Gasteiger partial charge in [0.2, 0.25) is 5.78 Å². The summed E-state index contributed by atoms with van der Waals surface area (Å²) in [5.74, 6) is -0.382. The van der Waals surface area contributed by atoms with Crippen LogP contribution in [0.3, 0.4) is 0 Å². The fraction of sp³-hybridized carbons (Fsp3) is 0.636. The summed E-state index contributed by atoms with van der Waals surface area (Å²) in [6.07, 6.45) is 5.10. The summed E-state index contributed by atoms with van der Waals surface area (Å²) in [6.45, 7) is 11.9. The predicted octanol–water partition coefficient (Wildman–Crippen LogP) is 5.72. The van der Waals surface area contributed by atoms with Gasteiger partial charge >= 0.3 is 5.97 Å². The van der Waals surface area contributed by atoms with Crippen LogP contribution in [0, 0.1) is 26.7 Å². The van der Waals surface area contributed by atoms with Crippen LogP contribution in [-0.4, -0.2) is 17.9 Å². The van der Waals surface area contributed by atoms with Gasteiger partial charge < -0.3 is 4.74 Å². The molecule has 3 nitrogen and oxygen atoms in total. The molecule has 0 fully saturated rings. The highest BCUT2D eigenvalue weighted by molar-refractivity contribution is 6.03. The maximum absolute atomic E-state index is 13.0. The van der Waals surface area contributed by atoms with Gasteiger partial charge in [-0.25, -0.2) is 0 Å². The van der Waals surface area contributed by atoms with Crippen molar-refractivity contribution in [3.63, 3.8) is 0 Å². The lowest BCUT2D eigenvalue weighted by Gasteiger charge is -2.22. The molecule has 0 aliphatic rings. The normalized spacial score (nSPS) is 12.3. The maximum atomic E-state index is 13.0. The van der Waals surface area contributed by atoms with Gasteiger partial charge in [0, 0.05) is 12.0 Å². The second-order valence-corrected chi connectivity index (χ2v) is 7.46. The lowest BCUT2D eigenvalue weighted by Crippen LogP contribution is -2.33. The Morgan fingerprint density at radius 1 is 0.960 bits per heavy atom. The molecule has 0 bridgehead atoms. The van der Waals surface area contributed by atoms with Crippen molar-refractivity contribution in [2.45, 2.75) is 86.2 Å². The quantitative estimate of drug-likeness (QED) is 0.309. The van der Waals surface area contributed by atoms with Crippen molar-refractivity contribution in [3.8, 4) is 0 Å². The monoisotopic (exact) mass is 346 g/mol. The summed E-state index contributed by atoms with van der Waals surface area (Å²) >= 11 is 0. The molecule has 1 unspecified atom stereocenters. The first-order valence-corrected chi connectivity index (χ1v) is 9.59. The van der Waals surface area contributed by atoms with Crippen LogP contribution in [-0.2, 0) is 9.53 Å². The SMILES string of the molecule is CCCCCCCC(=O)OC(C(=O)c1c(C)cc(C)cc1C)C(C)C. The van der Waals surface area contributed by atoms with Crippen LogP contribution in [0.1, 0.15) is 86.3 Å². The van der Waals surface area contributed by atoms with E-state index >= 15 is 0 Å². The zero-order valence-electron chi connectivity index (χ0n) is 16.8. The number of benzene rings is 1. The molecule has 1 atom stereocenters. The molecular formula is C22H34O3. The van der Waals surface area contributed by atoms with E-state index in [-0.39, 0.29) is 17.7 Å². The van der Waals surface area contributed by atoms with Crippen LogP contribution in [0.5, 0.6) is 0 Å². The van der Waals surface area contributed by atoms with Crippen molar-refractivity contribution in [2.75, 3.05) is 0 Å². The third-order valence-corrected chi connectivity index (χ3v) is 4.53. The number of ketones is 1. The van der Waals surface area contributed by atoms with E-state index in [1.165, 1.54) is 12.8 Å². The Balaban J connectivity index is 2.77. The topological polar surface area (TPSA) is 43.4 Å². The van der Waals surface area contributed by atoms with Crippen molar-refractivity contribution in [2.24, 2.45) is 5.92 Å². The Morgan fingerprint density at radius 3 is 2.04 bits per heavy atom. The minimum absolute atomic E-state index is 0.0448. The van der Waals surface area contributed by atoms with E-state index in [1.807, 2.05) is 46.8 Å². The van der Waals surface area contributed by atoms with Crippen molar-refractivity contribution in [3.05, 3.63) is 34.4 Å². The van der Waals surface area contributed by atoms with Crippen LogP contribution >= 0.6 is 0 Å². The molecule has 1 aromatic rings. The van der Waals surface area contributed by atoms with Crippen LogP contribution < -0.4 is 0 Å². The largest absolute Gasteiger partial charge is 0.454 e. The van der Waals surface area contributed by atoms with E-state index in [0.717, 1.165) is 36.0 Å². The van der Waals surface area contributed by atoms with Gasteiger partial charge in [0.25, 0.3) is 0 Å². The molecule has 0 aliphatic heterocycles. The summed E-state index contributed by atoms with van der Waals surface area (Å²) < 4.78 is 5.59. The Morgan fingerprint density at radius 2 is 1.52 bits per heavy atom. The third-order valence-electron chi connectivity index (χ3n) is 4.53. The Kier molecular flexibility index (Phi) is 8.88. The minimum atomic E-state index is -0.705. The van der Waals surface area contributed by atoms with E-state index in [2.05, 4.69) is 6.92 Å². The standard InChI is InChI=1S/C22H34O3/c1-7-8-9-10-11-12-19(23)25-22(15(2)3)21(24)20-17(5)13-16(4)14-18(20)6/h13-15,22H,7-12H2,1-6H3. The van der Waals surface area contributed by atoms with Gasteiger partial charge in [-0.1, -0.05) is 64.2 Å². The summed E-state index contributed by atoms with van der Waals surface area (Å²) in [5.41, 5.74) is 3.73. The number of esters is 1. The number of hydrogen-bond acceptors (Lipinski definition) is 3. The number of unbranched alkanes of at least 4 members (excludes halogenated alkanes) is 4. The van der Waals surface area contributed by atoms with Crippen LogP contribution in [0.4, 0.5) is 0 Å². The fourth-order valence-electron chi connectivity index (χ4n) is 3.28. The first-order valence-electron chi connectivity index (χ1n) is 9.59. The molecule has 1 rings (SSSR count). The second-order valence-electron chi connectivity index (χ2n) is 7.46. The predicted molar refractivity (Wildman–Crippen MR) is 103 cm³/mol. The molecule has 140 valence electrons. The molecule has 0 saturated heterocycles. The molecule has 25 heavy (non-hydrogen) atoms. The fourth-order valence-corrected chi connectivity index (χ4v) is 3.28. The summed E-state index contributed by atoms with van der Waals surface area (Å²) in [4.78, 5) is 25.2. The van der Waals surface area contributed by atoms with Gasteiger partial charge in [0.05, 0.1) is 0 Å². The van der Waals surface area contributed by atoms with Crippen LogP contribution in [0.2, 0.25) is 0 Å². The highest BCUT2D eigenvalue weighted by atomic mass is 16.5. The van der Waals surface area contributed by atoms with Gasteiger partial charge in [-0.3, -0.25) is 9.59 Å². The highest BCUT2D eigenvalue weighted by Gasteiger charge is 2.29. The summed E-state index contributed by atoms with van der Waals surface area (Å²) in [5, 5.41) is 0. The second kappa shape index (κ2) is 10.4. The summed E-state index contributed by atoms with van der Waals surface area (Å²) in [7, 11) is 0. The average molecular weight is 347 g/mol. The van der Waals surface area contributed by atoms with E-state index in [9.17, 15) is 9.59 Å². The molecule has 0 N–H and O–H groups in total. The van der Waals surface area contributed by atoms with Crippen molar-refractivity contribution >= 4 is 11.8 Å². The number of Topliss-reactive ketones (excluding diaryl/α,β-unsaturated/α-hetero) is 1. The third kappa shape index (κ3) is 6.64. The zero-order valence-corrected chi connectivity index (χ0v) is 16.8. The molecule has 0 radical (unpaired) electrons. The van der Waals surface area contributed by atoms with E-state index < -0.39 is 6.10 Å². The molecule has 0 spiro atoms. The molecule has 0 aliphatic carbocycles. The molecular weight excluding hydrogens is 312 g/mol. The Bertz CT molecular complexity index is 564. The molecule has 0 aromatic heterocycles. The molecule has 1 aromatic carbocycles. The first-order chi connectivity index (χ1) is 11.8. The molecule has 3 heteroatoms. The van der Waals surface area contributed by atoms with E-state index in [0.29, 0.717) is 12.0 Å². The number of rotatable bonds is 10. The smallest absolute Gasteiger partial charge is 0.306 e. The number of carbonyl (C=O) groups is 2. The number of hydrogen-bond donors (Lipinski definition) is 0. The summed E-state index contributed by atoms with van der Waals surface area (Å²) in [6, 6.07) is 4.01. The lowest BCUT2D eigenvalue weighted by atomic mass is 9.90. The average Bonchev–Trinajstić information content (AvgIpc) is 2.50. The van der Waals surface area contributed by atoms with Crippen LogP contribution in [0.15, 0.2) is 12.1 Å². The van der Waals surface area contributed by atoms with Gasteiger partial charge in [0.15, 0.2) is 6.10 Å². The number of carbonyl (C=O) groups excluding carboxylic acids is 2. The van der Waals surface area contributed by atoms with E-state index in [4.69, 9.17) is 4.74 Å². The molecule has 0 amide bonds. The van der Waals surface area contributed by atoms with Gasteiger partial charge in [0.1, 0.15) is 0 Å². The Labute approximate surface area is 153 Å². The lowest BCUT2D eigenvalue weighted by molar-refractivity contribution is -0.148. The van der Waals surface area contributed by atoms with Crippen molar-refractivity contribution in [1.29, 1.82) is 0 Å². The zero-order chi connectivity index (χ0) is 19.0. The maximum Gasteiger partial charge on any atom is 0.306 e. The van der Waals surface area contributed by atoms with Gasteiger partial charge in [-0.2, -0.15) is 0 Å². The van der Waals surface area contributed by atoms with Gasteiger partial charge in [-0.05, 0) is 44.2 Å². The van der Waals surface area contributed by atoms with Crippen molar-refractivity contribution in [1.82, 2.24) is 0 Å². The highest BCUT2D eigenvalue weighted by Crippen LogP contribution is 2.22. The van der Waals surface area contributed by atoms with Crippen LogP contribution in [0.25, 0.3) is 0 Å². The minimum Gasteiger partial charge on any atom is -0.454 e. The van der Waals surface area contributed by atoms with E-state index in [1.54, 1.807) is 0 Å². The molecule has 0 heterocycles. The van der Waals surface area contributed by atoms with Gasteiger partial charge in [-0.15, -0.1) is 0 Å². The Hall–Kier alpha value is -1.64. The number of aryl methyl sites for hydroxylation is 3. The molecule has 0 saturated carbocycles. The van der Waals surface area contributed by atoms with Crippen molar-refractivity contribution < 1.29 is 14.3 Å². The first kappa shape index (κ1) is 21.4. The number of ether oxygens (including phenoxy) is 1.